The van der Waals surface area contributed by atoms with Crippen molar-refractivity contribution in [2.45, 2.75) is 51.0 Å². The van der Waals surface area contributed by atoms with Gasteiger partial charge >= 0.3 is 0 Å². The highest BCUT2D eigenvalue weighted by molar-refractivity contribution is 5.24. The van der Waals surface area contributed by atoms with E-state index in [1.54, 1.807) is 0 Å². The zero-order chi connectivity index (χ0) is 11.9. The second-order valence-corrected chi connectivity index (χ2v) is 6.49. The maximum absolute atomic E-state index is 5.57. The second kappa shape index (κ2) is 4.41. The third-order valence-electron chi connectivity index (χ3n) is 5.11. The molecule has 0 bridgehead atoms. The molecule has 0 spiro atoms. The maximum atomic E-state index is 5.57. The zero-order valence-corrected chi connectivity index (χ0v) is 11.0. The summed E-state index contributed by atoms with van der Waals surface area (Å²) in [6.45, 7) is 1.24. The van der Waals surface area contributed by atoms with E-state index in [9.17, 15) is 0 Å². The first kappa shape index (κ1) is 11.1. The predicted molar refractivity (Wildman–Crippen MR) is 71.3 cm³/mol. The van der Waals surface area contributed by atoms with Crippen LogP contribution in [0.25, 0.3) is 0 Å². The largest absolute Gasteiger partial charge is 0.469 e. The number of rotatable bonds is 5. The summed E-state index contributed by atoms with van der Waals surface area (Å²) in [6, 6.07) is 2.74. The van der Waals surface area contributed by atoms with Crippen molar-refractivity contribution in [1.29, 1.82) is 0 Å². The van der Waals surface area contributed by atoms with Crippen LogP contribution in [0.1, 0.15) is 55.9 Å². The smallest absolute Gasteiger partial charge is 0.108 e. The van der Waals surface area contributed by atoms with Gasteiger partial charge in [0.1, 0.15) is 5.76 Å². The fourth-order valence-electron chi connectivity index (χ4n) is 3.74. The van der Waals surface area contributed by atoms with Crippen LogP contribution in [0.4, 0.5) is 0 Å². The highest BCUT2D eigenvalue weighted by Gasteiger charge is 2.41. The lowest BCUT2D eigenvalue weighted by atomic mass is 9.91. The molecule has 1 heterocycles. The minimum atomic E-state index is 0.562. The van der Waals surface area contributed by atoms with Gasteiger partial charge in [-0.15, -0.1) is 0 Å². The van der Waals surface area contributed by atoms with Crippen LogP contribution in [0.15, 0.2) is 16.7 Å². The number of hydrogen-bond acceptors (Lipinski definition) is 2. The van der Waals surface area contributed by atoms with Crippen molar-refractivity contribution in [2.24, 2.45) is 17.8 Å². The van der Waals surface area contributed by atoms with E-state index >= 15 is 0 Å². The molecule has 2 heteroatoms. The fourth-order valence-corrected chi connectivity index (χ4v) is 3.74. The van der Waals surface area contributed by atoms with Gasteiger partial charge in [-0.25, -0.2) is 0 Å². The lowest BCUT2D eigenvalue weighted by Crippen LogP contribution is -2.31. The van der Waals surface area contributed by atoms with Gasteiger partial charge in [0.05, 0.1) is 6.26 Å². The predicted octanol–water partition coefficient (Wildman–Crippen LogP) is 3.68. The third-order valence-corrected chi connectivity index (χ3v) is 5.11. The SMILES string of the molecule is c1cc2c(o1)CCCC2NCC(C1CC1)C1CC1. The van der Waals surface area contributed by atoms with Gasteiger partial charge in [0, 0.05) is 18.0 Å². The molecule has 0 radical (unpaired) electrons. The minimum Gasteiger partial charge on any atom is -0.469 e. The molecule has 1 atom stereocenters. The molecule has 98 valence electrons. The van der Waals surface area contributed by atoms with Crippen LogP contribution in [0.3, 0.4) is 0 Å². The molecule has 0 aliphatic heterocycles. The Kier molecular flexibility index (Phi) is 2.72. The van der Waals surface area contributed by atoms with E-state index in [4.69, 9.17) is 4.42 Å². The van der Waals surface area contributed by atoms with E-state index in [0.717, 1.165) is 24.2 Å². The third kappa shape index (κ3) is 2.11. The number of aryl methyl sites for hydroxylation is 1. The Morgan fingerprint density at radius 3 is 2.67 bits per heavy atom. The highest BCUT2D eigenvalue weighted by Crippen LogP contribution is 2.49. The Labute approximate surface area is 109 Å². The van der Waals surface area contributed by atoms with Crippen molar-refractivity contribution in [3.8, 4) is 0 Å². The first-order valence-corrected chi connectivity index (χ1v) is 7.71. The quantitative estimate of drug-likeness (QED) is 0.856. The highest BCUT2D eigenvalue weighted by atomic mass is 16.3. The average Bonchev–Trinajstić information content (AvgIpc) is 3.30. The van der Waals surface area contributed by atoms with Crippen LogP contribution in [0, 0.1) is 17.8 Å². The molecule has 18 heavy (non-hydrogen) atoms. The Bertz CT molecular complexity index is 404. The molecule has 2 fully saturated rings. The van der Waals surface area contributed by atoms with Crippen LogP contribution >= 0.6 is 0 Å². The maximum Gasteiger partial charge on any atom is 0.108 e. The first-order chi connectivity index (χ1) is 8.92. The molecule has 0 amide bonds. The van der Waals surface area contributed by atoms with Gasteiger partial charge in [0.25, 0.3) is 0 Å². The van der Waals surface area contributed by atoms with E-state index in [-0.39, 0.29) is 0 Å². The summed E-state index contributed by atoms with van der Waals surface area (Å²) < 4.78 is 5.57. The van der Waals surface area contributed by atoms with Crippen molar-refractivity contribution in [3.05, 3.63) is 23.7 Å². The number of hydrogen-bond donors (Lipinski definition) is 1. The average molecular weight is 245 g/mol. The Morgan fingerprint density at radius 2 is 1.94 bits per heavy atom. The molecular weight excluding hydrogens is 222 g/mol. The van der Waals surface area contributed by atoms with Gasteiger partial charge in [-0.05, 0) is 68.9 Å². The summed E-state index contributed by atoms with van der Waals surface area (Å²) in [5.41, 5.74) is 1.44. The van der Waals surface area contributed by atoms with Crippen LogP contribution in [-0.2, 0) is 6.42 Å². The van der Waals surface area contributed by atoms with Crippen LogP contribution < -0.4 is 5.32 Å². The van der Waals surface area contributed by atoms with Crippen molar-refractivity contribution in [3.63, 3.8) is 0 Å². The topological polar surface area (TPSA) is 25.2 Å². The molecule has 0 saturated heterocycles. The van der Waals surface area contributed by atoms with E-state index in [1.165, 1.54) is 56.4 Å². The summed E-state index contributed by atoms with van der Waals surface area (Å²) in [6.07, 6.45) is 11.5. The van der Waals surface area contributed by atoms with Crippen molar-refractivity contribution in [2.75, 3.05) is 6.54 Å². The fraction of sp³-hybridized carbons (Fsp3) is 0.750. The Morgan fingerprint density at radius 1 is 1.17 bits per heavy atom. The summed E-state index contributed by atoms with van der Waals surface area (Å²) in [5, 5.41) is 3.85. The summed E-state index contributed by atoms with van der Waals surface area (Å²) in [4.78, 5) is 0. The van der Waals surface area contributed by atoms with Gasteiger partial charge in [-0.2, -0.15) is 0 Å². The van der Waals surface area contributed by atoms with Crippen LogP contribution in [0.2, 0.25) is 0 Å². The van der Waals surface area contributed by atoms with Crippen LogP contribution in [-0.4, -0.2) is 6.54 Å². The molecule has 1 unspecified atom stereocenters. The monoisotopic (exact) mass is 245 g/mol. The van der Waals surface area contributed by atoms with E-state index in [2.05, 4.69) is 11.4 Å². The summed E-state index contributed by atoms with van der Waals surface area (Å²) in [5.74, 6) is 4.31. The van der Waals surface area contributed by atoms with E-state index in [0.29, 0.717) is 6.04 Å². The number of fused-ring (bicyclic) bond motifs is 1. The molecule has 1 N–H and O–H groups in total. The molecule has 3 aliphatic carbocycles. The zero-order valence-electron chi connectivity index (χ0n) is 11.0. The normalized spacial score (nSPS) is 27.5. The lowest BCUT2D eigenvalue weighted by molar-refractivity contribution is 0.335. The Balaban J connectivity index is 1.40. The van der Waals surface area contributed by atoms with Gasteiger partial charge in [0.2, 0.25) is 0 Å². The van der Waals surface area contributed by atoms with Crippen molar-refractivity contribution >= 4 is 0 Å². The Hall–Kier alpha value is -0.760. The molecule has 0 aromatic carbocycles. The number of nitrogens with one attached hydrogen (secondary N) is 1. The van der Waals surface area contributed by atoms with Gasteiger partial charge in [-0.1, -0.05) is 0 Å². The van der Waals surface area contributed by atoms with E-state index < -0.39 is 0 Å². The molecular formula is C16H23NO. The van der Waals surface area contributed by atoms with E-state index in [1.807, 2.05) is 6.26 Å². The van der Waals surface area contributed by atoms with Gasteiger partial charge < -0.3 is 9.73 Å². The molecule has 2 nitrogen and oxygen atoms in total. The molecule has 1 aromatic heterocycles. The standard InChI is InChI=1S/C16H23NO/c1-2-15(13-8-9-18-16(13)3-1)17-10-14(11-4-5-11)12-6-7-12/h8-9,11-12,14-15,17H,1-7,10H2. The molecule has 1 aromatic rings. The lowest BCUT2D eigenvalue weighted by Gasteiger charge is -2.25. The number of furan rings is 1. The van der Waals surface area contributed by atoms with Crippen molar-refractivity contribution < 1.29 is 4.42 Å². The first-order valence-electron chi connectivity index (χ1n) is 7.71. The second-order valence-electron chi connectivity index (χ2n) is 6.49. The van der Waals surface area contributed by atoms with Crippen molar-refractivity contribution in [1.82, 2.24) is 5.32 Å². The van der Waals surface area contributed by atoms with Gasteiger partial charge in [-0.3, -0.25) is 0 Å². The molecule has 2 saturated carbocycles. The summed E-state index contributed by atoms with van der Waals surface area (Å²) in [7, 11) is 0. The van der Waals surface area contributed by atoms with Crippen LogP contribution in [0.5, 0.6) is 0 Å². The molecule has 4 rings (SSSR count). The van der Waals surface area contributed by atoms with Gasteiger partial charge in [0.15, 0.2) is 0 Å². The summed E-state index contributed by atoms with van der Waals surface area (Å²) >= 11 is 0. The molecule has 3 aliphatic rings. The minimum absolute atomic E-state index is 0.562.